The van der Waals surface area contributed by atoms with Crippen LogP contribution in [0.5, 0.6) is 0 Å². The molecular formula is C11H11FN2O5S. The molecule has 1 saturated heterocycles. The van der Waals surface area contributed by atoms with Crippen molar-refractivity contribution in [2.45, 2.75) is 6.42 Å². The molecule has 0 saturated carbocycles. The third-order valence-electron chi connectivity index (χ3n) is 3.01. The molecule has 0 N–H and O–H groups in total. The number of halogens is 1. The molecule has 0 aromatic heterocycles. The fourth-order valence-corrected chi connectivity index (χ4v) is 3.04. The minimum absolute atomic E-state index is 0.0488. The van der Waals surface area contributed by atoms with Gasteiger partial charge in [-0.05, 0) is 6.07 Å². The molecule has 1 aromatic carbocycles. The van der Waals surface area contributed by atoms with Crippen molar-refractivity contribution in [3.05, 3.63) is 34.4 Å². The van der Waals surface area contributed by atoms with Crippen molar-refractivity contribution in [2.75, 3.05) is 17.2 Å². The van der Waals surface area contributed by atoms with E-state index in [1.807, 2.05) is 0 Å². The van der Waals surface area contributed by atoms with Gasteiger partial charge in [0.15, 0.2) is 0 Å². The summed E-state index contributed by atoms with van der Waals surface area (Å²) in [7, 11) is -4.68. The Bertz CT molecular complexity index is 661. The summed E-state index contributed by atoms with van der Waals surface area (Å²) >= 11 is 0. The van der Waals surface area contributed by atoms with Crippen LogP contribution < -0.4 is 4.90 Å². The van der Waals surface area contributed by atoms with Crippen molar-refractivity contribution in [3.63, 3.8) is 0 Å². The molecular weight excluding hydrogens is 291 g/mol. The summed E-state index contributed by atoms with van der Waals surface area (Å²) in [5, 5.41) is 10.9. The van der Waals surface area contributed by atoms with Crippen molar-refractivity contribution in [1.29, 1.82) is 0 Å². The smallest absolute Gasteiger partial charge is 0.302 e. The number of anilines is 1. The molecule has 108 valence electrons. The Hall–Kier alpha value is -2.03. The molecule has 1 amide bonds. The molecule has 9 heteroatoms. The molecule has 0 aliphatic carbocycles. The Balaban J connectivity index is 2.27. The summed E-state index contributed by atoms with van der Waals surface area (Å²) in [6.07, 6.45) is -0.144. The number of hydrogen-bond donors (Lipinski definition) is 0. The molecule has 1 atom stereocenters. The van der Waals surface area contributed by atoms with Crippen LogP contribution in [-0.4, -0.2) is 31.5 Å². The van der Waals surface area contributed by atoms with E-state index in [1.165, 1.54) is 24.3 Å². The first kappa shape index (κ1) is 14.4. The number of benzene rings is 1. The summed E-state index contributed by atoms with van der Waals surface area (Å²) < 4.78 is 33.9. The predicted molar refractivity (Wildman–Crippen MR) is 68.5 cm³/mol. The van der Waals surface area contributed by atoms with Crippen molar-refractivity contribution in [3.8, 4) is 0 Å². The van der Waals surface area contributed by atoms with Crippen LogP contribution in [0.4, 0.5) is 15.3 Å². The van der Waals surface area contributed by atoms with E-state index in [9.17, 15) is 27.2 Å². The molecule has 1 unspecified atom stereocenters. The van der Waals surface area contributed by atoms with Crippen LogP contribution in [-0.2, 0) is 15.0 Å². The Morgan fingerprint density at radius 3 is 2.65 bits per heavy atom. The van der Waals surface area contributed by atoms with Crippen LogP contribution in [0.3, 0.4) is 0 Å². The highest BCUT2D eigenvalue weighted by atomic mass is 32.3. The molecule has 1 fully saturated rings. The maximum atomic E-state index is 12.6. The summed E-state index contributed by atoms with van der Waals surface area (Å²) in [6.45, 7) is -0.0488. The quantitative estimate of drug-likeness (QED) is 0.473. The van der Waals surface area contributed by atoms with E-state index in [0.717, 1.165) is 4.90 Å². The lowest BCUT2D eigenvalue weighted by molar-refractivity contribution is -0.384. The highest BCUT2D eigenvalue weighted by Gasteiger charge is 2.36. The molecule has 0 radical (unpaired) electrons. The highest BCUT2D eigenvalue weighted by Crippen LogP contribution is 2.33. The Labute approximate surface area is 114 Å². The first-order valence-corrected chi connectivity index (χ1v) is 7.29. The van der Waals surface area contributed by atoms with Crippen LogP contribution in [0, 0.1) is 16.0 Å². The summed E-state index contributed by atoms with van der Waals surface area (Å²) in [6, 6.07) is 5.66. The third-order valence-corrected chi connectivity index (χ3v) is 3.88. The lowest BCUT2D eigenvalue weighted by Crippen LogP contribution is -2.26. The maximum Gasteiger partial charge on any atom is 0.302 e. The minimum atomic E-state index is -4.68. The number of nitrogens with zero attached hydrogens (tertiary/aromatic N) is 2. The normalized spacial score (nSPS) is 19.4. The average Bonchev–Trinajstić information content (AvgIpc) is 2.67. The van der Waals surface area contributed by atoms with Gasteiger partial charge < -0.3 is 4.90 Å². The number of carbonyl (C=O) groups excluding carboxylic acids is 1. The number of carbonyl (C=O) groups is 1. The second-order valence-corrected chi connectivity index (χ2v) is 5.94. The van der Waals surface area contributed by atoms with Gasteiger partial charge in [-0.2, -0.15) is 8.42 Å². The summed E-state index contributed by atoms with van der Waals surface area (Å²) in [5.41, 5.74) is -0.147. The number of nitro benzene ring substituents is 1. The van der Waals surface area contributed by atoms with Gasteiger partial charge in [-0.3, -0.25) is 14.9 Å². The van der Waals surface area contributed by atoms with Crippen LogP contribution >= 0.6 is 0 Å². The number of rotatable bonds is 4. The third kappa shape index (κ3) is 3.10. The largest absolute Gasteiger partial charge is 0.306 e. The Morgan fingerprint density at radius 1 is 1.40 bits per heavy atom. The zero-order chi connectivity index (χ0) is 14.9. The molecule has 1 aromatic rings. The first-order valence-electron chi connectivity index (χ1n) is 5.74. The van der Waals surface area contributed by atoms with E-state index < -0.39 is 32.7 Å². The molecule has 7 nitrogen and oxygen atoms in total. The van der Waals surface area contributed by atoms with E-state index in [-0.39, 0.29) is 24.3 Å². The molecule has 20 heavy (non-hydrogen) atoms. The summed E-state index contributed by atoms with van der Waals surface area (Å²) in [4.78, 5) is 23.2. The minimum Gasteiger partial charge on any atom is -0.306 e. The standard InChI is InChI=1S/C11H11FN2O5S/c12-20(18,19)7-8-5-11(15)13(6-8)9-3-1-2-4-10(9)14(16)17/h1-4,8H,5-7H2. The van der Waals surface area contributed by atoms with Crippen LogP contribution in [0.25, 0.3) is 0 Å². The van der Waals surface area contributed by atoms with Gasteiger partial charge >= 0.3 is 10.2 Å². The summed E-state index contributed by atoms with van der Waals surface area (Å²) in [5.74, 6) is -1.90. The lowest BCUT2D eigenvalue weighted by atomic mass is 10.1. The molecule has 1 aliphatic rings. The Kier molecular flexibility index (Phi) is 3.71. The number of para-hydroxylation sites is 2. The Morgan fingerprint density at radius 2 is 2.05 bits per heavy atom. The second-order valence-electron chi connectivity index (χ2n) is 4.53. The number of hydrogen-bond acceptors (Lipinski definition) is 5. The van der Waals surface area contributed by atoms with Gasteiger partial charge in [0, 0.05) is 24.9 Å². The van der Waals surface area contributed by atoms with E-state index in [1.54, 1.807) is 0 Å². The van der Waals surface area contributed by atoms with E-state index >= 15 is 0 Å². The van der Waals surface area contributed by atoms with Gasteiger partial charge in [-0.15, -0.1) is 3.89 Å². The van der Waals surface area contributed by atoms with Crippen molar-refractivity contribution >= 4 is 27.5 Å². The molecule has 1 aliphatic heterocycles. The van der Waals surface area contributed by atoms with Gasteiger partial charge in [0.1, 0.15) is 5.69 Å². The molecule has 2 rings (SSSR count). The van der Waals surface area contributed by atoms with Gasteiger partial charge in [0.2, 0.25) is 5.91 Å². The topological polar surface area (TPSA) is 97.6 Å². The fourth-order valence-electron chi connectivity index (χ4n) is 2.25. The first-order chi connectivity index (χ1) is 9.28. The van der Waals surface area contributed by atoms with Gasteiger partial charge in [-0.1, -0.05) is 12.1 Å². The van der Waals surface area contributed by atoms with Crippen LogP contribution in [0.2, 0.25) is 0 Å². The monoisotopic (exact) mass is 302 g/mol. The lowest BCUT2D eigenvalue weighted by Gasteiger charge is -2.16. The van der Waals surface area contributed by atoms with Crippen LogP contribution in [0.1, 0.15) is 6.42 Å². The molecule has 1 heterocycles. The zero-order valence-corrected chi connectivity index (χ0v) is 11.0. The van der Waals surface area contributed by atoms with E-state index in [4.69, 9.17) is 0 Å². The van der Waals surface area contributed by atoms with E-state index in [0.29, 0.717) is 0 Å². The fraction of sp³-hybridized carbons (Fsp3) is 0.364. The highest BCUT2D eigenvalue weighted by molar-refractivity contribution is 7.86. The van der Waals surface area contributed by atoms with E-state index in [2.05, 4.69) is 0 Å². The van der Waals surface area contributed by atoms with Crippen LogP contribution in [0.15, 0.2) is 24.3 Å². The van der Waals surface area contributed by atoms with Crippen molar-refractivity contribution in [1.82, 2.24) is 0 Å². The molecule has 0 bridgehead atoms. The van der Waals surface area contributed by atoms with Gasteiger partial charge in [0.25, 0.3) is 5.69 Å². The van der Waals surface area contributed by atoms with Gasteiger partial charge in [0.05, 0.1) is 10.7 Å². The van der Waals surface area contributed by atoms with Crippen molar-refractivity contribution < 1.29 is 22.0 Å². The SMILES string of the molecule is O=C1CC(CS(=O)(=O)F)CN1c1ccccc1[N+](=O)[O-]. The average molecular weight is 302 g/mol. The maximum absolute atomic E-state index is 12.6. The molecule has 0 spiro atoms. The number of nitro groups is 1. The predicted octanol–water partition coefficient (Wildman–Crippen LogP) is 1.25. The van der Waals surface area contributed by atoms with Crippen molar-refractivity contribution in [2.24, 2.45) is 5.92 Å². The zero-order valence-electron chi connectivity index (χ0n) is 10.2. The number of amides is 1. The second kappa shape index (κ2) is 5.16. The van der Waals surface area contributed by atoms with Gasteiger partial charge in [-0.25, -0.2) is 0 Å².